The Morgan fingerprint density at radius 1 is 1.25 bits per heavy atom. The van der Waals surface area contributed by atoms with Crippen molar-refractivity contribution in [3.8, 4) is 21.6 Å². The van der Waals surface area contributed by atoms with Crippen LogP contribution in [0.25, 0.3) is 21.6 Å². The Bertz CT molecular complexity index is 763. The van der Waals surface area contributed by atoms with E-state index in [2.05, 4.69) is 10.2 Å². The first-order chi connectivity index (χ1) is 9.65. The van der Waals surface area contributed by atoms with Gasteiger partial charge in [0.05, 0.1) is 16.7 Å². The molecule has 20 heavy (non-hydrogen) atoms. The summed E-state index contributed by atoms with van der Waals surface area (Å²) in [5, 5.41) is 17.9. The van der Waals surface area contributed by atoms with Crippen LogP contribution in [0.15, 0.2) is 42.7 Å². The smallest absolute Gasteiger partial charge is 0.278 e. The van der Waals surface area contributed by atoms with Crippen LogP contribution in [0.1, 0.15) is 4.88 Å². The Morgan fingerprint density at radius 2 is 2.10 bits per heavy atom. The number of rotatable bonds is 3. The summed E-state index contributed by atoms with van der Waals surface area (Å²) in [5.74, 6) is 0. The lowest BCUT2D eigenvalue weighted by atomic mass is 10.0. The van der Waals surface area contributed by atoms with Gasteiger partial charge in [0.1, 0.15) is 0 Å². The lowest BCUT2D eigenvalue weighted by molar-refractivity contribution is -0.384. The van der Waals surface area contributed by atoms with Gasteiger partial charge in [-0.15, -0.1) is 11.3 Å². The molecule has 0 aliphatic carbocycles. The summed E-state index contributed by atoms with van der Waals surface area (Å²) in [4.78, 5) is 13.0. The predicted octanol–water partition coefficient (Wildman–Crippen LogP) is 4.02. The van der Waals surface area contributed by atoms with Gasteiger partial charge >= 0.3 is 0 Å². The van der Waals surface area contributed by atoms with Gasteiger partial charge in [0.2, 0.25) is 0 Å². The molecule has 100 valence electrons. The van der Waals surface area contributed by atoms with Crippen LogP contribution in [0.4, 0.5) is 5.69 Å². The molecule has 2 aromatic heterocycles. The molecule has 0 saturated heterocycles. The molecule has 0 spiro atoms. The van der Waals surface area contributed by atoms with Gasteiger partial charge in [0, 0.05) is 27.6 Å². The molecule has 1 aromatic carbocycles. The minimum absolute atomic E-state index is 0.116. The highest BCUT2D eigenvalue weighted by atomic mass is 32.1. The largest absolute Gasteiger partial charge is 0.285 e. The van der Waals surface area contributed by atoms with Crippen LogP contribution in [-0.4, -0.2) is 15.1 Å². The summed E-state index contributed by atoms with van der Waals surface area (Å²) in [6, 6.07) is 9.15. The molecule has 1 N–H and O–H groups in total. The van der Waals surface area contributed by atoms with Gasteiger partial charge in [-0.1, -0.05) is 6.07 Å². The van der Waals surface area contributed by atoms with E-state index in [1.807, 2.05) is 25.1 Å². The second-order valence-electron chi connectivity index (χ2n) is 4.39. The van der Waals surface area contributed by atoms with E-state index in [0.29, 0.717) is 5.56 Å². The molecule has 3 rings (SSSR count). The summed E-state index contributed by atoms with van der Waals surface area (Å²) < 4.78 is 0. The van der Waals surface area contributed by atoms with Crippen molar-refractivity contribution in [2.24, 2.45) is 0 Å². The predicted molar refractivity (Wildman–Crippen MR) is 78.7 cm³/mol. The van der Waals surface area contributed by atoms with Crippen molar-refractivity contribution in [2.45, 2.75) is 6.92 Å². The molecule has 0 aliphatic heterocycles. The molecule has 3 aromatic rings. The second-order valence-corrected chi connectivity index (χ2v) is 5.67. The lowest BCUT2D eigenvalue weighted by Crippen LogP contribution is -1.91. The maximum atomic E-state index is 11.3. The van der Waals surface area contributed by atoms with E-state index < -0.39 is 0 Å². The number of aryl methyl sites for hydroxylation is 1. The number of aromatic nitrogens is 2. The first kappa shape index (κ1) is 12.6. The average Bonchev–Trinajstić information content (AvgIpc) is 3.09. The van der Waals surface area contributed by atoms with Gasteiger partial charge in [0.25, 0.3) is 5.69 Å². The molecule has 0 fully saturated rings. The topological polar surface area (TPSA) is 71.8 Å². The fourth-order valence-corrected chi connectivity index (χ4v) is 2.96. The number of nitro groups is 1. The first-order valence-corrected chi connectivity index (χ1v) is 6.81. The maximum absolute atomic E-state index is 11.3. The van der Waals surface area contributed by atoms with E-state index in [1.165, 1.54) is 0 Å². The summed E-state index contributed by atoms with van der Waals surface area (Å²) in [6.07, 6.45) is 3.36. The average molecular weight is 285 g/mol. The third kappa shape index (κ3) is 2.21. The summed E-state index contributed by atoms with van der Waals surface area (Å²) >= 11 is 1.55. The molecule has 2 heterocycles. The number of aromatic amines is 1. The van der Waals surface area contributed by atoms with E-state index in [-0.39, 0.29) is 10.6 Å². The number of hydrogen-bond acceptors (Lipinski definition) is 4. The third-order valence-corrected chi connectivity index (χ3v) is 4.07. The molecule has 6 heteroatoms. The minimum atomic E-state index is -0.339. The van der Waals surface area contributed by atoms with Crippen LogP contribution in [0.2, 0.25) is 0 Å². The monoisotopic (exact) mass is 285 g/mol. The van der Waals surface area contributed by atoms with Gasteiger partial charge in [-0.3, -0.25) is 15.2 Å². The van der Waals surface area contributed by atoms with Crippen LogP contribution in [0.3, 0.4) is 0 Å². The highest BCUT2D eigenvalue weighted by molar-refractivity contribution is 7.15. The molecule has 5 nitrogen and oxygen atoms in total. The van der Waals surface area contributed by atoms with E-state index in [9.17, 15) is 10.1 Å². The minimum Gasteiger partial charge on any atom is -0.285 e. The molecule has 0 amide bonds. The van der Waals surface area contributed by atoms with Crippen molar-refractivity contribution in [3.05, 3.63) is 57.7 Å². The van der Waals surface area contributed by atoms with Gasteiger partial charge in [-0.2, -0.15) is 5.10 Å². The van der Waals surface area contributed by atoms with Crippen LogP contribution >= 0.6 is 11.3 Å². The molecule has 0 saturated carbocycles. The van der Waals surface area contributed by atoms with Crippen molar-refractivity contribution < 1.29 is 4.92 Å². The number of nitrogens with one attached hydrogen (secondary N) is 1. The standard InChI is InChI=1S/C14H11N3O2S/c1-9-2-5-14(20-9)12-4-3-10(6-13(12)17(18)19)11-7-15-16-8-11/h2-8H,1H3,(H,15,16). The Balaban J connectivity index is 2.14. The number of nitro benzene ring substituents is 1. The fourth-order valence-electron chi connectivity index (χ4n) is 2.06. The number of hydrogen-bond donors (Lipinski definition) is 1. The lowest BCUT2D eigenvalue weighted by Gasteiger charge is -2.03. The SMILES string of the molecule is Cc1ccc(-c2ccc(-c3cn[nH]c3)cc2[N+](=O)[O-])s1. The van der Waals surface area contributed by atoms with Crippen molar-refractivity contribution in [1.82, 2.24) is 10.2 Å². The molecule has 0 atom stereocenters. The first-order valence-electron chi connectivity index (χ1n) is 5.99. The Kier molecular flexibility index (Phi) is 3.08. The quantitative estimate of drug-likeness (QED) is 0.583. The van der Waals surface area contributed by atoms with E-state index in [4.69, 9.17) is 0 Å². The number of nitrogens with zero attached hydrogens (tertiary/aromatic N) is 2. The maximum Gasteiger partial charge on any atom is 0.278 e. The van der Waals surface area contributed by atoms with E-state index in [0.717, 1.165) is 20.9 Å². The molecule has 0 radical (unpaired) electrons. The zero-order valence-electron chi connectivity index (χ0n) is 10.7. The summed E-state index contributed by atoms with van der Waals surface area (Å²) in [5.41, 5.74) is 2.38. The molecule has 0 bridgehead atoms. The summed E-state index contributed by atoms with van der Waals surface area (Å²) in [6.45, 7) is 1.99. The van der Waals surface area contributed by atoms with E-state index >= 15 is 0 Å². The third-order valence-electron chi connectivity index (χ3n) is 3.03. The van der Waals surface area contributed by atoms with Crippen LogP contribution in [0, 0.1) is 17.0 Å². The molecule has 0 unspecified atom stereocenters. The van der Waals surface area contributed by atoms with Crippen LogP contribution in [-0.2, 0) is 0 Å². The highest BCUT2D eigenvalue weighted by Gasteiger charge is 2.18. The number of H-pyrrole nitrogens is 1. The zero-order chi connectivity index (χ0) is 14.1. The van der Waals surface area contributed by atoms with Crippen molar-refractivity contribution in [3.63, 3.8) is 0 Å². The number of benzene rings is 1. The Hall–Kier alpha value is -2.47. The zero-order valence-corrected chi connectivity index (χ0v) is 11.5. The van der Waals surface area contributed by atoms with Gasteiger partial charge < -0.3 is 0 Å². The molecule has 0 aliphatic rings. The van der Waals surface area contributed by atoms with Crippen molar-refractivity contribution >= 4 is 17.0 Å². The summed E-state index contributed by atoms with van der Waals surface area (Å²) in [7, 11) is 0. The highest BCUT2D eigenvalue weighted by Crippen LogP contribution is 2.37. The van der Waals surface area contributed by atoms with Gasteiger partial charge in [-0.25, -0.2) is 0 Å². The van der Waals surface area contributed by atoms with Crippen LogP contribution < -0.4 is 0 Å². The Labute approximate surface area is 119 Å². The van der Waals surface area contributed by atoms with Gasteiger partial charge in [0.15, 0.2) is 0 Å². The molecular formula is C14H11N3O2S. The fraction of sp³-hybridized carbons (Fsp3) is 0.0714. The second kappa shape index (κ2) is 4.90. The van der Waals surface area contributed by atoms with Crippen molar-refractivity contribution in [2.75, 3.05) is 0 Å². The van der Waals surface area contributed by atoms with Crippen LogP contribution in [0.5, 0.6) is 0 Å². The van der Waals surface area contributed by atoms with E-state index in [1.54, 1.807) is 35.9 Å². The molecular weight excluding hydrogens is 274 g/mol. The Morgan fingerprint density at radius 3 is 2.70 bits per heavy atom. The normalized spacial score (nSPS) is 10.7. The number of thiophene rings is 1. The van der Waals surface area contributed by atoms with Gasteiger partial charge in [-0.05, 0) is 30.7 Å². The van der Waals surface area contributed by atoms with Crippen molar-refractivity contribution in [1.29, 1.82) is 0 Å².